The van der Waals surface area contributed by atoms with Crippen molar-refractivity contribution < 1.29 is 14.0 Å². The Labute approximate surface area is 201 Å². The van der Waals surface area contributed by atoms with Gasteiger partial charge in [0.2, 0.25) is 0 Å². The normalized spacial score (nSPS) is 12.9. The first kappa shape index (κ1) is 22.4. The van der Waals surface area contributed by atoms with Crippen LogP contribution in [0.2, 0.25) is 0 Å². The Kier molecular flexibility index (Phi) is 6.30. The number of pyridine rings is 1. The highest BCUT2D eigenvalue weighted by molar-refractivity contribution is 6.07. The van der Waals surface area contributed by atoms with Crippen LogP contribution in [0.25, 0.3) is 11.4 Å². The molecule has 2 aromatic heterocycles. The van der Waals surface area contributed by atoms with Gasteiger partial charge >= 0.3 is 0 Å². The molecule has 5 rings (SSSR count). The third-order valence-electron chi connectivity index (χ3n) is 5.88. The van der Waals surface area contributed by atoms with Gasteiger partial charge < -0.3 is 15.2 Å². The van der Waals surface area contributed by atoms with Gasteiger partial charge in [0.1, 0.15) is 11.6 Å². The molecule has 8 nitrogen and oxygen atoms in total. The smallest absolute Gasteiger partial charge is 0.257 e. The van der Waals surface area contributed by atoms with Gasteiger partial charge in [-0.05, 0) is 61.4 Å². The Morgan fingerprint density at radius 1 is 0.857 bits per heavy atom. The number of aromatic nitrogens is 4. The fourth-order valence-electron chi connectivity index (χ4n) is 4.10. The van der Waals surface area contributed by atoms with E-state index in [-0.39, 0.29) is 11.8 Å². The first-order valence-electron chi connectivity index (χ1n) is 11.4. The number of nitrogens with one attached hydrogen (secondary N) is 2. The van der Waals surface area contributed by atoms with Crippen LogP contribution in [0.5, 0.6) is 0 Å². The lowest BCUT2D eigenvalue weighted by Gasteiger charge is -2.11. The van der Waals surface area contributed by atoms with Crippen molar-refractivity contribution in [2.75, 3.05) is 10.6 Å². The van der Waals surface area contributed by atoms with Gasteiger partial charge in [-0.1, -0.05) is 12.5 Å². The SMILES string of the molecule is O=C(Nc1cccc(C(=O)Nc2ccc(F)c(-c3nnc4n3CCCCC4)c2)c1)c1cccnc1. The monoisotopic (exact) mass is 470 g/mol. The number of carbonyl (C=O) groups excluding carboxylic acids is 2. The van der Waals surface area contributed by atoms with E-state index in [0.29, 0.717) is 33.9 Å². The van der Waals surface area contributed by atoms with Crippen molar-refractivity contribution in [3.8, 4) is 11.4 Å². The maximum atomic E-state index is 14.7. The van der Waals surface area contributed by atoms with Gasteiger partial charge in [-0.3, -0.25) is 14.6 Å². The van der Waals surface area contributed by atoms with Gasteiger partial charge in [-0.15, -0.1) is 10.2 Å². The molecule has 2 N–H and O–H groups in total. The minimum Gasteiger partial charge on any atom is -0.322 e. The maximum Gasteiger partial charge on any atom is 0.257 e. The summed E-state index contributed by atoms with van der Waals surface area (Å²) in [4.78, 5) is 29.3. The Morgan fingerprint density at radius 2 is 1.66 bits per heavy atom. The molecule has 3 heterocycles. The molecule has 2 amide bonds. The summed E-state index contributed by atoms with van der Waals surface area (Å²) in [6, 6.07) is 14.3. The molecule has 176 valence electrons. The fraction of sp³-hybridized carbons (Fsp3) is 0.192. The summed E-state index contributed by atoms with van der Waals surface area (Å²) < 4.78 is 16.7. The predicted octanol–water partition coefficient (Wildman–Crippen LogP) is 4.71. The summed E-state index contributed by atoms with van der Waals surface area (Å²) in [5.74, 6) is 0.182. The lowest BCUT2D eigenvalue weighted by atomic mass is 10.1. The van der Waals surface area contributed by atoms with Crippen molar-refractivity contribution in [3.05, 3.63) is 89.8 Å². The van der Waals surface area contributed by atoms with E-state index in [1.54, 1.807) is 48.7 Å². The topological polar surface area (TPSA) is 102 Å². The Bertz CT molecular complexity index is 1390. The number of hydrogen-bond donors (Lipinski definition) is 2. The quantitative estimate of drug-likeness (QED) is 0.440. The maximum absolute atomic E-state index is 14.7. The van der Waals surface area contributed by atoms with Crippen LogP contribution in [0.15, 0.2) is 67.0 Å². The predicted molar refractivity (Wildman–Crippen MR) is 130 cm³/mol. The summed E-state index contributed by atoms with van der Waals surface area (Å²) in [6.07, 6.45) is 7.00. The largest absolute Gasteiger partial charge is 0.322 e. The molecule has 0 unspecified atom stereocenters. The molecule has 0 radical (unpaired) electrons. The van der Waals surface area contributed by atoms with Crippen LogP contribution in [0.4, 0.5) is 15.8 Å². The minimum atomic E-state index is -0.428. The molecule has 2 aromatic carbocycles. The zero-order chi connectivity index (χ0) is 24.2. The lowest BCUT2D eigenvalue weighted by Crippen LogP contribution is -2.15. The molecule has 0 atom stereocenters. The van der Waals surface area contributed by atoms with Crippen LogP contribution in [0.3, 0.4) is 0 Å². The van der Waals surface area contributed by atoms with E-state index in [1.807, 2.05) is 4.57 Å². The molecule has 0 aliphatic carbocycles. The molecular weight excluding hydrogens is 447 g/mol. The average molecular weight is 471 g/mol. The molecular formula is C26H23FN6O2. The molecule has 0 bridgehead atoms. The summed E-state index contributed by atoms with van der Waals surface area (Å²) in [5.41, 5.74) is 1.95. The van der Waals surface area contributed by atoms with E-state index >= 15 is 0 Å². The van der Waals surface area contributed by atoms with Crippen molar-refractivity contribution in [2.45, 2.75) is 32.2 Å². The van der Waals surface area contributed by atoms with Gasteiger partial charge in [0.25, 0.3) is 11.8 Å². The third kappa shape index (κ3) is 4.93. The molecule has 0 fully saturated rings. The van der Waals surface area contributed by atoms with Crippen LogP contribution >= 0.6 is 0 Å². The highest BCUT2D eigenvalue weighted by Crippen LogP contribution is 2.28. The fourth-order valence-corrected chi connectivity index (χ4v) is 4.10. The molecule has 1 aliphatic rings. The van der Waals surface area contributed by atoms with Crippen molar-refractivity contribution >= 4 is 23.2 Å². The van der Waals surface area contributed by atoms with Gasteiger partial charge in [-0.25, -0.2) is 4.39 Å². The third-order valence-corrected chi connectivity index (χ3v) is 5.88. The second kappa shape index (κ2) is 9.84. The number of carbonyl (C=O) groups is 2. The van der Waals surface area contributed by atoms with Crippen molar-refractivity contribution in [3.63, 3.8) is 0 Å². The Hall–Kier alpha value is -4.40. The molecule has 35 heavy (non-hydrogen) atoms. The van der Waals surface area contributed by atoms with Crippen LogP contribution in [0, 0.1) is 5.82 Å². The summed E-state index contributed by atoms with van der Waals surface area (Å²) in [7, 11) is 0. The highest BCUT2D eigenvalue weighted by atomic mass is 19.1. The van der Waals surface area contributed by atoms with Crippen molar-refractivity contribution in [1.29, 1.82) is 0 Å². The number of nitrogens with zero attached hydrogens (tertiary/aromatic N) is 4. The zero-order valence-corrected chi connectivity index (χ0v) is 18.9. The Balaban J connectivity index is 1.34. The number of fused-ring (bicyclic) bond motifs is 1. The summed E-state index contributed by atoms with van der Waals surface area (Å²) >= 11 is 0. The van der Waals surface area contributed by atoms with Crippen molar-refractivity contribution in [2.24, 2.45) is 0 Å². The molecule has 4 aromatic rings. The van der Waals surface area contributed by atoms with Crippen LogP contribution in [0.1, 0.15) is 45.8 Å². The van der Waals surface area contributed by atoms with Crippen LogP contribution in [-0.4, -0.2) is 31.6 Å². The van der Waals surface area contributed by atoms with Gasteiger partial charge in [0.05, 0.1) is 11.1 Å². The number of amides is 2. The number of aryl methyl sites for hydroxylation is 1. The standard InChI is InChI=1S/C26H23FN6O2/c27-22-11-10-20(15-21(22)24-32-31-23-9-2-1-3-13-33(23)24)30-25(34)17-6-4-8-19(14-17)29-26(35)18-7-5-12-28-16-18/h4-8,10-12,14-16H,1-3,9,13H2,(H,29,35)(H,30,34). The van der Waals surface area contributed by atoms with Crippen LogP contribution in [-0.2, 0) is 13.0 Å². The number of rotatable bonds is 5. The van der Waals surface area contributed by atoms with E-state index < -0.39 is 5.82 Å². The minimum absolute atomic E-state index is 0.293. The first-order chi connectivity index (χ1) is 17.1. The Morgan fingerprint density at radius 3 is 2.49 bits per heavy atom. The second-order valence-corrected chi connectivity index (χ2v) is 8.33. The molecule has 1 aliphatic heterocycles. The molecule has 0 saturated heterocycles. The summed E-state index contributed by atoms with van der Waals surface area (Å²) in [5, 5.41) is 14.0. The summed E-state index contributed by atoms with van der Waals surface area (Å²) in [6.45, 7) is 0.741. The number of hydrogen-bond acceptors (Lipinski definition) is 5. The van der Waals surface area contributed by atoms with E-state index in [0.717, 1.165) is 38.1 Å². The highest BCUT2D eigenvalue weighted by Gasteiger charge is 2.19. The number of halogens is 1. The number of benzene rings is 2. The molecule has 0 saturated carbocycles. The molecule has 0 spiro atoms. The van der Waals surface area contributed by atoms with Gasteiger partial charge in [0, 0.05) is 42.3 Å². The van der Waals surface area contributed by atoms with Crippen molar-refractivity contribution in [1.82, 2.24) is 19.7 Å². The lowest BCUT2D eigenvalue weighted by molar-refractivity contribution is 0.101. The average Bonchev–Trinajstić information content (AvgIpc) is 3.13. The van der Waals surface area contributed by atoms with Gasteiger partial charge in [0.15, 0.2) is 5.82 Å². The molecule has 9 heteroatoms. The van der Waals surface area contributed by atoms with E-state index in [9.17, 15) is 14.0 Å². The second-order valence-electron chi connectivity index (χ2n) is 8.33. The van der Waals surface area contributed by atoms with Crippen LogP contribution < -0.4 is 10.6 Å². The van der Waals surface area contributed by atoms with E-state index in [2.05, 4.69) is 25.8 Å². The number of anilines is 2. The van der Waals surface area contributed by atoms with Gasteiger partial charge in [-0.2, -0.15) is 0 Å². The zero-order valence-electron chi connectivity index (χ0n) is 18.9. The first-order valence-corrected chi connectivity index (χ1v) is 11.4. The van der Waals surface area contributed by atoms with E-state index in [4.69, 9.17) is 0 Å². The van der Waals surface area contributed by atoms with E-state index in [1.165, 1.54) is 18.3 Å².